The van der Waals surface area contributed by atoms with Crippen molar-refractivity contribution < 1.29 is 8.42 Å². The molecule has 2 aromatic rings. The minimum Gasteiger partial charge on any atom is -0.370 e. The van der Waals surface area contributed by atoms with Gasteiger partial charge in [0.1, 0.15) is 18.0 Å². The lowest BCUT2D eigenvalue weighted by Gasteiger charge is -2.09. The molecule has 2 rings (SSSR count). The Kier molecular flexibility index (Phi) is 6.54. The van der Waals surface area contributed by atoms with Gasteiger partial charge in [0.25, 0.3) is 0 Å². The number of sulfonamides is 1. The lowest BCUT2D eigenvalue weighted by atomic mass is 10.3. The van der Waals surface area contributed by atoms with E-state index in [0.29, 0.717) is 17.3 Å². The van der Waals surface area contributed by atoms with Crippen LogP contribution in [0.3, 0.4) is 0 Å². The molecule has 0 saturated heterocycles. The van der Waals surface area contributed by atoms with Crippen molar-refractivity contribution in [1.82, 2.24) is 14.7 Å². The molecule has 1 heterocycles. The summed E-state index contributed by atoms with van der Waals surface area (Å²) in [6.07, 6.45) is 1.44. The molecule has 0 unspecified atom stereocenters. The molecule has 0 bridgehead atoms. The van der Waals surface area contributed by atoms with E-state index in [1.54, 1.807) is 24.3 Å². The zero-order valence-corrected chi connectivity index (χ0v) is 13.8. The third-order valence-electron chi connectivity index (χ3n) is 2.71. The SMILES string of the molecule is CCNc1cc(Nc2cccc(S(=O)(=O)NC)c2)ncn1.Cl. The second kappa shape index (κ2) is 7.92. The van der Waals surface area contributed by atoms with Crippen molar-refractivity contribution in [2.45, 2.75) is 11.8 Å². The van der Waals surface area contributed by atoms with E-state index in [0.717, 1.165) is 6.54 Å². The number of hydrogen-bond donors (Lipinski definition) is 3. The summed E-state index contributed by atoms with van der Waals surface area (Å²) >= 11 is 0. The molecule has 7 nitrogen and oxygen atoms in total. The Balaban J connectivity index is 0.00000242. The van der Waals surface area contributed by atoms with Gasteiger partial charge < -0.3 is 10.6 Å². The van der Waals surface area contributed by atoms with Gasteiger partial charge in [0.05, 0.1) is 4.90 Å². The third kappa shape index (κ3) is 4.55. The largest absolute Gasteiger partial charge is 0.370 e. The molecule has 22 heavy (non-hydrogen) atoms. The fourth-order valence-corrected chi connectivity index (χ4v) is 2.49. The topological polar surface area (TPSA) is 96.0 Å². The van der Waals surface area contributed by atoms with Crippen LogP contribution in [0, 0.1) is 0 Å². The first-order valence-electron chi connectivity index (χ1n) is 6.41. The standard InChI is InChI=1S/C13H17N5O2S.ClH/c1-3-15-12-8-13(17-9-16-12)18-10-5-4-6-11(7-10)21(19,20)14-2;/h4-9,14H,3H2,1-2H3,(H2,15,16,17,18);1H. The van der Waals surface area contributed by atoms with Gasteiger partial charge in [-0.3, -0.25) is 0 Å². The second-order valence-corrected chi connectivity index (χ2v) is 6.07. The average molecular weight is 344 g/mol. The first kappa shape index (κ1) is 18.1. The highest BCUT2D eigenvalue weighted by molar-refractivity contribution is 7.89. The number of rotatable bonds is 6. The molecule has 3 N–H and O–H groups in total. The first-order valence-corrected chi connectivity index (χ1v) is 7.90. The highest BCUT2D eigenvalue weighted by Gasteiger charge is 2.11. The summed E-state index contributed by atoms with van der Waals surface area (Å²) in [6.45, 7) is 2.73. The van der Waals surface area contributed by atoms with Crippen molar-refractivity contribution >= 4 is 39.8 Å². The van der Waals surface area contributed by atoms with Gasteiger partial charge >= 0.3 is 0 Å². The molecule has 0 spiro atoms. The van der Waals surface area contributed by atoms with Crippen LogP contribution < -0.4 is 15.4 Å². The van der Waals surface area contributed by atoms with Gasteiger partial charge in [0.15, 0.2) is 0 Å². The number of benzene rings is 1. The third-order valence-corrected chi connectivity index (χ3v) is 4.12. The highest BCUT2D eigenvalue weighted by Crippen LogP contribution is 2.19. The van der Waals surface area contributed by atoms with Crippen molar-refractivity contribution in [2.75, 3.05) is 24.2 Å². The Hall–Kier alpha value is -1.90. The number of halogens is 1. The quantitative estimate of drug-likeness (QED) is 0.742. The van der Waals surface area contributed by atoms with Crippen LogP contribution in [-0.2, 0) is 10.0 Å². The van der Waals surface area contributed by atoms with Crippen LogP contribution in [0.5, 0.6) is 0 Å². The van der Waals surface area contributed by atoms with Crippen molar-refractivity contribution in [3.63, 3.8) is 0 Å². The summed E-state index contributed by atoms with van der Waals surface area (Å²) in [5, 5.41) is 6.14. The lowest BCUT2D eigenvalue weighted by Crippen LogP contribution is -2.18. The predicted molar refractivity (Wildman–Crippen MR) is 89.4 cm³/mol. The van der Waals surface area contributed by atoms with Crippen molar-refractivity contribution in [1.29, 1.82) is 0 Å². The summed E-state index contributed by atoms with van der Waals surface area (Å²) in [7, 11) is -2.09. The van der Waals surface area contributed by atoms with E-state index in [2.05, 4.69) is 25.3 Å². The first-order chi connectivity index (χ1) is 10.0. The van der Waals surface area contributed by atoms with Crippen molar-refractivity contribution in [3.8, 4) is 0 Å². The number of aromatic nitrogens is 2. The van der Waals surface area contributed by atoms with E-state index in [1.807, 2.05) is 6.92 Å². The monoisotopic (exact) mass is 343 g/mol. The highest BCUT2D eigenvalue weighted by atomic mass is 35.5. The molecule has 0 atom stereocenters. The minimum absolute atomic E-state index is 0. The fourth-order valence-electron chi connectivity index (χ4n) is 1.71. The second-order valence-electron chi connectivity index (χ2n) is 4.18. The Morgan fingerprint density at radius 2 is 1.86 bits per heavy atom. The summed E-state index contributed by atoms with van der Waals surface area (Å²) in [6, 6.07) is 8.26. The van der Waals surface area contributed by atoms with E-state index >= 15 is 0 Å². The van der Waals surface area contributed by atoms with Crippen LogP contribution >= 0.6 is 12.4 Å². The van der Waals surface area contributed by atoms with Crippen LogP contribution in [0.4, 0.5) is 17.3 Å². The van der Waals surface area contributed by atoms with Crippen LogP contribution in [0.1, 0.15) is 6.92 Å². The maximum atomic E-state index is 11.8. The van der Waals surface area contributed by atoms with Crippen LogP contribution in [0.25, 0.3) is 0 Å². The van der Waals surface area contributed by atoms with E-state index in [1.165, 1.54) is 19.4 Å². The zero-order valence-electron chi connectivity index (χ0n) is 12.2. The molecule has 1 aromatic carbocycles. The molecule has 1 aromatic heterocycles. The van der Waals surface area contributed by atoms with Gasteiger partial charge in [-0.1, -0.05) is 6.07 Å². The van der Waals surface area contributed by atoms with Crippen LogP contribution in [0.15, 0.2) is 41.6 Å². The maximum Gasteiger partial charge on any atom is 0.240 e. The molecular formula is C13H18ClN5O2S. The van der Waals surface area contributed by atoms with Gasteiger partial charge in [-0.25, -0.2) is 23.1 Å². The van der Waals surface area contributed by atoms with Gasteiger partial charge in [0, 0.05) is 18.3 Å². The predicted octanol–water partition coefficient (Wildman–Crippen LogP) is 1.98. The number of hydrogen-bond acceptors (Lipinski definition) is 6. The molecule has 120 valence electrons. The van der Waals surface area contributed by atoms with E-state index in [9.17, 15) is 8.42 Å². The number of nitrogens with zero attached hydrogens (tertiary/aromatic N) is 2. The van der Waals surface area contributed by atoms with Gasteiger partial charge in [-0.15, -0.1) is 12.4 Å². The maximum absolute atomic E-state index is 11.8. The summed E-state index contributed by atoms with van der Waals surface area (Å²) < 4.78 is 25.8. The fraction of sp³-hybridized carbons (Fsp3) is 0.231. The van der Waals surface area contributed by atoms with Gasteiger partial charge in [-0.2, -0.15) is 0 Å². The average Bonchev–Trinajstić information content (AvgIpc) is 2.48. The Morgan fingerprint density at radius 1 is 1.14 bits per heavy atom. The Bertz CT molecular complexity index is 724. The molecule has 0 saturated carbocycles. The molecule has 0 aliphatic rings. The molecule has 0 radical (unpaired) electrons. The summed E-state index contributed by atoms with van der Waals surface area (Å²) in [5.74, 6) is 1.29. The molecule has 0 fully saturated rings. The smallest absolute Gasteiger partial charge is 0.240 e. The molecule has 0 aliphatic heterocycles. The molecule has 0 amide bonds. The summed E-state index contributed by atoms with van der Waals surface area (Å²) in [5.41, 5.74) is 0.632. The molecule has 9 heteroatoms. The van der Waals surface area contributed by atoms with Gasteiger partial charge in [0.2, 0.25) is 10.0 Å². The number of nitrogens with one attached hydrogen (secondary N) is 3. The van der Waals surface area contributed by atoms with E-state index < -0.39 is 10.0 Å². The lowest BCUT2D eigenvalue weighted by molar-refractivity contribution is 0.588. The van der Waals surface area contributed by atoms with E-state index in [4.69, 9.17) is 0 Å². The van der Waals surface area contributed by atoms with Crippen molar-refractivity contribution in [2.24, 2.45) is 0 Å². The Labute approximate surface area is 136 Å². The Morgan fingerprint density at radius 3 is 2.55 bits per heavy atom. The van der Waals surface area contributed by atoms with Crippen LogP contribution in [0.2, 0.25) is 0 Å². The number of anilines is 3. The zero-order chi connectivity index (χ0) is 15.3. The summed E-state index contributed by atoms with van der Waals surface area (Å²) in [4.78, 5) is 8.37. The normalized spacial score (nSPS) is 10.6. The van der Waals surface area contributed by atoms with Gasteiger partial charge in [-0.05, 0) is 32.2 Å². The molecular weight excluding hydrogens is 326 g/mol. The van der Waals surface area contributed by atoms with Crippen molar-refractivity contribution in [3.05, 3.63) is 36.7 Å². The minimum atomic E-state index is -3.46. The van der Waals surface area contributed by atoms with E-state index in [-0.39, 0.29) is 17.3 Å². The molecule has 0 aliphatic carbocycles. The van der Waals surface area contributed by atoms with Crippen LogP contribution in [-0.4, -0.2) is 32.0 Å².